The van der Waals surface area contributed by atoms with Gasteiger partial charge < -0.3 is 19.7 Å². The van der Waals surface area contributed by atoms with Crippen LogP contribution in [0.2, 0.25) is 0 Å². The van der Waals surface area contributed by atoms with Crippen molar-refractivity contribution >= 4 is 6.16 Å². The van der Waals surface area contributed by atoms with Gasteiger partial charge in [-0.3, -0.25) is 0 Å². The highest BCUT2D eigenvalue weighted by Crippen LogP contribution is 2.02. The van der Waals surface area contributed by atoms with E-state index in [0.717, 1.165) is 0 Å². The number of ether oxygens (including phenoxy) is 2. The Labute approximate surface area is 84.0 Å². The third-order valence-corrected chi connectivity index (χ3v) is 0.833. The van der Waals surface area contributed by atoms with Crippen molar-refractivity contribution in [1.29, 1.82) is 0 Å². The standard InChI is InChI=1S/C4H6O3.C3H6.C2H6O2/c1-3-2-6-4(5)7-3;1-3-2;3-1-2-4/h3H,2H2,1H3;3H,1H2,2H3;3-4H,1-2H2. The molecule has 1 aliphatic rings. The zero-order chi connectivity index (χ0) is 11.4. The molecule has 1 rings (SSSR count). The van der Waals surface area contributed by atoms with E-state index < -0.39 is 6.16 Å². The fourth-order valence-electron chi connectivity index (χ4n) is 0.418. The van der Waals surface area contributed by atoms with Crippen molar-refractivity contribution in [2.75, 3.05) is 19.8 Å². The number of cyclic esters (lactones) is 2. The van der Waals surface area contributed by atoms with Crippen molar-refractivity contribution in [3.63, 3.8) is 0 Å². The molecule has 1 saturated heterocycles. The third-order valence-electron chi connectivity index (χ3n) is 0.833. The van der Waals surface area contributed by atoms with Crippen molar-refractivity contribution in [2.45, 2.75) is 20.0 Å². The quantitative estimate of drug-likeness (QED) is 0.488. The first-order chi connectivity index (χ1) is 6.62. The lowest BCUT2D eigenvalue weighted by Crippen LogP contribution is -2.01. The molecule has 5 heteroatoms. The first-order valence-corrected chi connectivity index (χ1v) is 4.24. The molecule has 2 N–H and O–H groups in total. The molecule has 1 atom stereocenters. The summed E-state index contributed by atoms with van der Waals surface area (Å²) in [6.07, 6.45) is 1.15. The first kappa shape index (κ1) is 15.4. The van der Waals surface area contributed by atoms with Crippen molar-refractivity contribution in [2.24, 2.45) is 0 Å². The van der Waals surface area contributed by atoms with E-state index in [1.807, 2.05) is 6.92 Å². The summed E-state index contributed by atoms with van der Waals surface area (Å²) in [5, 5.41) is 15.2. The van der Waals surface area contributed by atoms with Gasteiger partial charge in [0, 0.05) is 0 Å². The molecule has 84 valence electrons. The molecule has 14 heavy (non-hydrogen) atoms. The topological polar surface area (TPSA) is 76.0 Å². The molecule has 0 aliphatic carbocycles. The Morgan fingerprint density at radius 2 is 2.00 bits per heavy atom. The van der Waals surface area contributed by atoms with Crippen molar-refractivity contribution in [1.82, 2.24) is 0 Å². The van der Waals surface area contributed by atoms with Crippen LogP contribution in [-0.2, 0) is 9.47 Å². The van der Waals surface area contributed by atoms with Gasteiger partial charge in [0.2, 0.25) is 0 Å². The van der Waals surface area contributed by atoms with Crippen molar-refractivity contribution < 1.29 is 24.5 Å². The fraction of sp³-hybridized carbons (Fsp3) is 0.667. The van der Waals surface area contributed by atoms with Gasteiger partial charge in [0.15, 0.2) is 0 Å². The maximum atomic E-state index is 10.0. The van der Waals surface area contributed by atoms with Crippen LogP contribution in [0, 0.1) is 0 Å². The highest BCUT2D eigenvalue weighted by molar-refractivity contribution is 5.61. The summed E-state index contributed by atoms with van der Waals surface area (Å²) in [5.74, 6) is 0. The Morgan fingerprint density at radius 1 is 1.57 bits per heavy atom. The maximum absolute atomic E-state index is 10.0. The highest BCUT2D eigenvalue weighted by atomic mass is 16.8. The minimum absolute atomic E-state index is 0.0486. The summed E-state index contributed by atoms with van der Waals surface area (Å²) >= 11 is 0. The number of hydrogen-bond acceptors (Lipinski definition) is 5. The molecule has 5 nitrogen and oxygen atoms in total. The smallest absolute Gasteiger partial charge is 0.430 e. The van der Waals surface area contributed by atoms with Crippen LogP contribution in [0.3, 0.4) is 0 Å². The van der Waals surface area contributed by atoms with Crippen LogP contribution in [0.5, 0.6) is 0 Å². The van der Waals surface area contributed by atoms with Crippen LogP contribution >= 0.6 is 0 Å². The summed E-state index contributed by atoms with van der Waals surface area (Å²) in [7, 11) is 0. The molecule has 1 fully saturated rings. The molecule has 1 heterocycles. The molecular formula is C9H18O5. The minimum atomic E-state index is -0.549. The van der Waals surface area contributed by atoms with E-state index in [0.29, 0.717) is 6.61 Å². The summed E-state index contributed by atoms with van der Waals surface area (Å²) in [6, 6.07) is 0. The van der Waals surface area contributed by atoms with E-state index in [1.165, 1.54) is 0 Å². The first-order valence-electron chi connectivity index (χ1n) is 4.24. The van der Waals surface area contributed by atoms with Crippen LogP contribution in [0.15, 0.2) is 12.7 Å². The Hall–Kier alpha value is -1.07. The Morgan fingerprint density at radius 3 is 2.07 bits per heavy atom. The fourth-order valence-corrected chi connectivity index (χ4v) is 0.418. The summed E-state index contributed by atoms with van der Waals surface area (Å²) < 4.78 is 8.90. The number of rotatable bonds is 1. The third kappa shape index (κ3) is 13.5. The van der Waals surface area contributed by atoms with E-state index in [-0.39, 0.29) is 19.3 Å². The second kappa shape index (κ2) is 11.9. The lowest BCUT2D eigenvalue weighted by atomic mass is 10.5. The van der Waals surface area contributed by atoms with E-state index in [2.05, 4.69) is 16.1 Å². The van der Waals surface area contributed by atoms with Crippen LogP contribution in [0.4, 0.5) is 4.79 Å². The van der Waals surface area contributed by atoms with Gasteiger partial charge in [-0.2, -0.15) is 0 Å². The predicted molar refractivity (Wildman–Crippen MR) is 51.9 cm³/mol. The van der Waals surface area contributed by atoms with E-state index in [1.54, 1.807) is 13.0 Å². The monoisotopic (exact) mass is 206 g/mol. The SMILES string of the molecule is C=CC.CC1COC(=O)O1.OCCO. The van der Waals surface area contributed by atoms with Crippen molar-refractivity contribution in [3.8, 4) is 0 Å². The number of carbonyl (C=O) groups excluding carboxylic acids is 1. The molecule has 0 aromatic rings. The number of carbonyl (C=O) groups is 1. The average Bonchev–Trinajstić information content (AvgIpc) is 2.52. The Balaban J connectivity index is 0. The van der Waals surface area contributed by atoms with Crippen LogP contribution in [0.25, 0.3) is 0 Å². The second-order valence-electron chi connectivity index (χ2n) is 2.34. The number of allylic oxidation sites excluding steroid dienone is 1. The summed E-state index contributed by atoms with van der Waals surface area (Å²) in [6.45, 7) is 7.18. The van der Waals surface area contributed by atoms with Gasteiger partial charge in [-0.1, -0.05) is 6.08 Å². The Bertz CT molecular complexity index is 144. The normalized spacial score (nSPS) is 17.7. The van der Waals surface area contributed by atoms with Gasteiger partial charge in [-0.15, -0.1) is 6.58 Å². The molecule has 1 unspecified atom stereocenters. The molecule has 1 aliphatic heterocycles. The minimum Gasteiger partial charge on any atom is -0.430 e. The average molecular weight is 206 g/mol. The summed E-state index contributed by atoms with van der Waals surface area (Å²) in [4.78, 5) is 10.0. The molecule has 0 aromatic carbocycles. The lowest BCUT2D eigenvalue weighted by Gasteiger charge is -1.90. The van der Waals surface area contributed by atoms with Gasteiger partial charge in [0.25, 0.3) is 0 Å². The zero-order valence-electron chi connectivity index (χ0n) is 8.60. The Kier molecular flexibility index (Phi) is 13.1. The van der Waals surface area contributed by atoms with E-state index in [9.17, 15) is 4.79 Å². The zero-order valence-corrected chi connectivity index (χ0v) is 8.60. The molecular weight excluding hydrogens is 188 g/mol. The van der Waals surface area contributed by atoms with Crippen LogP contribution in [0.1, 0.15) is 13.8 Å². The van der Waals surface area contributed by atoms with Gasteiger partial charge in [-0.25, -0.2) is 4.79 Å². The van der Waals surface area contributed by atoms with Gasteiger partial charge in [-0.05, 0) is 13.8 Å². The molecule has 0 amide bonds. The molecule has 0 bridgehead atoms. The number of aliphatic hydroxyl groups excluding tert-OH is 2. The molecule has 0 radical (unpaired) electrons. The molecule has 0 spiro atoms. The molecule has 0 aromatic heterocycles. The maximum Gasteiger partial charge on any atom is 0.508 e. The molecule has 0 saturated carbocycles. The second-order valence-corrected chi connectivity index (χ2v) is 2.34. The largest absolute Gasteiger partial charge is 0.508 e. The van der Waals surface area contributed by atoms with E-state index in [4.69, 9.17) is 10.2 Å². The summed E-state index contributed by atoms with van der Waals surface area (Å²) in [5.41, 5.74) is 0. The van der Waals surface area contributed by atoms with Gasteiger partial charge in [0.05, 0.1) is 13.2 Å². The highest BCUT2D eigenvalue weighted by Gasteiger charge is 2.19. The predicted octanol–water partition coefficient (Wildman–Crippen LogP) is 0.705. The van der Waals surface area contributed by atoms with Gasteiger partial charge >= 0.3 is 6.16 Å². The lowest BCUT2D eigenvalue weighted by molar-refractivity contribution is 0.121. The van der Waals surface area contributed by atoms with E-state index >= 15 is 0 Å². The van der Waals surface area contributed by atoms with Crippen molar-refractivity contribution in [3.05, 3.63) is 12.7 Å². The van der Waals surface area contributed by atoms with Gasteiger partial charge in [0.1, 0.15) is 12.7 Å². The van der Waals surface area contributed by atoms with Crippen LogP contribution < -0.4 is 0 Å². The number of hydrogen-bond donors (Lipinski definition) is 2. The van der Waals surface area contributed by atoms with Crippen LogP contribution in [-0.4, -0.2) is 42.3 Å². The number of aliphatic hydroxyl groups is 2.